The van der Waals surface area contributed by atoms with E-state index < -0.39 is 0 Å². The molecule has 1 heterocycles. The Hall–Kier alpha value is -0.930. The van der Waals surface area contributed by atoms with Gasteiger partial charge < -0.3 is 24.8 Å². The lowest BCUT2D eigenvalue weighted by Crippen LogP contribution is -2.43. The first-order chi connectivity index (χ1) is 13.7. The summed E-state index contributed by atoms with van der Waals surface area (Å²) in [6.07, 6.45) is 7.04. The molecule has 0 aromatic heterocycles. The molecule has 1 aliphatic heterocycles. The minimum Gasteiger partial charge on any atom is -0.489 e. The molecule has 1 aromatic carbocycles. The van der Waals surface area contributed by atoms with Crippen molar-refractivity contribution in [2.45, 2.75) is 45.1 Å². The first-order valence-electron chi connectivity index (χ1n) is 10.2. The van der Waals surface area contributed by atoms with E-state index in [9.17, 15) is 0 Å². The van der Waals surface area contributed by atoms with Gasteiger partial charge in [-0.15, -0.1) is 24.0 Å². The van der Waals surface area contributed by atoms with Gasteiger partial charge in [0.1, 0.15) is 0 Å². The number of halogens is 2. The number of hydrogen-bond acceptors (Lipinski definition) is 4. The lowest BCUT2D eigenvalue weighted by atomic mass is 9.83. The number of aliphatic imine (C=N–C) groups is 1. The quantitative estimate of drug-likeness (QED) is 0.307. The third-order valence-electron chi connectivity index (χ3n) is 5.68. The van der Waals surface area contributed by atoms with Crippen LogP contribution in [0.2, 0.25) is 5.02 Å². The monoisotopic (exact) mass is 537 g/mol. The maximum atomic E-state index is 6.39. The van der Waals surface area contributed by atoms with Gasteiger partial charge in [0.15, 0.2) is 17.5 Å². The molecule has 0 saturated heterocycles. The number of fused-ring (bicyclic) bond motifs is 1. The molecule has 164 valence electrons. The average molecular weight is 538 g/mol. The van der Waals surface area contributed by atoms with Gasteiger partial charge in [-0.2, -0.15) is 0 Å². The van der Waals surface area contributed by atoms with Crippen molar-refractivity contribution in [3.05, 3.63) is 22.7 Å². The first kappa shape index (κ1) is 24.3. The van der Waals surface area contributed by atoms with E-state index in [4.69, 9.17) is 25.8 Å². The highest BCUT2D eigenvalue weighted by atomic mass is 127. The van der Waals surface area contributed by atoms with E-state index in [0.29, 0.717) is 41.7 Å². The van der Waals surface area contributed by atoms with Crippen LogP contribution in [0.3, 0.4) is 0 Å². The molecular formula is C21H33ClIN3O3. The van der Waals surface area contributed by atoms with Gasteiger partial charge in [-0.3, -0.25) is 4.99 Å². The molecule has 8 heteroatoms. The van der Waals surface area contributed by atoms with Crippen LogP contribution >= 0.6 is 35.6 Å². The number of guanidine groups is 1. The standard InChI is InChI=1S/C21H32ClN3O3.HI/c1-23-20(25-15-21(8-11-26-2)6-3-4-7-21)24-14-16-12-17(22)19-18(13-16)27-9-5-10-28-19;/h12-13H,3-11,14-15H2,1-2H3,(H2,23,24,25);1H. The smallest absolute Gasteiger partial charge is 0.191 e. The molecular weight excluding hydrogens is 505 g/mol. The van der Waals surface area contributed by atoms with E-state index in [1.807, 2.05) is 12.1 Å². The van der Waals surface area contributed by atoms with Crippen LogP contribution in [0.5, 0.6) is 11.5 Å². The van der Waals surface area contributed by atoms with Crippen molar-refractivity contribution >= 4 is 41.5 Å². The lowest BCUT2D eigenvalue weighted by molar-refractivity contribution is 0.138. The van der Waals surface area contributed by atoms with E-state index in [1.165, 1.54) is 25.7 Å². The van der Waals surface area contributed by atoms with Crippen LogP contribution in [0.1, 0.15) is 44.1 Å². The number of nitrogens with zero attached hydrogens (tertiary/aromatic N) is 1. The van der Waals surface area contributed by atoms with Crippen LogP contribution in [0.4, 0.5) is 0 Å². The minimum absolute atomic E-state index is 0. The summed E-state index contributed by atoms with van der Waals surface area (Å²) >= 11 is 6.39. The average Bonchev–Trinajstić information content (AvgIpc) is 3.03. The van der Waals surface area contributed by atoms with Crippen molar-refractivity contribution in [2.75, 3.05) is 40.5 Å². The van der Waals surface area contributed by atoms with Crippen LogP contribution < -0.4 is 20.1 Å². The molecule has 6 nitrogen and oxygen atoms in total. The van der Waals surface area contributed by atoms with Crippen molar-refractivity contribution in [1.29, 1.82) is 0 Å². The fraction of sp³-hybridized carbons (Fsp3) is 0.667. The van der Waals surface area contributed by atoms with E-state index in [-0.39, 0.29) is 24.0 Å². The molecule has 2 N–H and O–H groups in total. The zero-order valence-corrected chi connectivity index (χ0v) is 20.5. The second-order valence-electron chi connectivity index (χ2n) is 7.68. The largest absolute Gasteiger partial charge is 0.489 e. The molecule has 1 aromatic rings. The Morgan fingerprint density at radius 3 is 2.66 bits per heavy atom. The van der Waals surface area contributed by atoms with Gasteiger partial charge >= 0.3 is 0 Å². The highest BCUT2D eigenvalue weighted by molar-refractivity contribution is 14.0. The van der Waals surface area contributed by atoms with E-state index in [2.05, 4.69) is 15.6 Å². The molecule has 1 fully saturated rings. The molecule has 3 rings (SSSR count). The Labute approximate surface area is 196 Å². The molecule has 2 aliphatic rings. The van der Waals surface area contributed by atoms with Gasteiger partial charge in [0.25, 0.3) is 0 Å². The number of hydrogen-bond donors (Lipinski definition) is 2. The number of rotatable bonds is 7. The summed E-state index contributed by atoms with van der Waals surface area (Å²) < 4.78 is 16.8. The number of nitrogens with one attached hydrogen (secondary N) is 2. The second-order valence-corrected chi connectivity index (χ2v) is 8.09. The van der Waals surface area contributed by atoms with Crippen LogP contribution in [0, 0.1) is 5.41 Å². The molecule has 1 aliphatic carbocycles. The van der Waals surface area contributed by atoms with Crippen LogP contribution in [0.15, 0.2) is 17.1 Å². The predicted molar refractivity (Wildman–Crippen MR) is 128 cm³/mol. The third-order valence-corrected chi connectivity index (χ3v) is 5.96. The Bertz CT molecular complexity index is 681. The van der Waals surface area contributed by atoms with Crippen LogP contribution in [-0.2, 0) is 11.3 Å². The van der Waals surface area contributed by atoms with E-state index in [1.54, 1.807) is 14.2 Å². The Morgan fingerprint density at radius 2 is 1.93 bits per heavy atom. The number of ether oxygens (including phenoxy) is 3. The lowest BCUT2D eigenvalue weighted by Gasteiger charge is -2.30. The van der Waals surface area contributed by atoms with Gasteiger partial charge in [-0.05, 0) is 42.4 Å². The zero-order valence-electron chi connectivity index (χ0n) is 17.4. The maximum Gasteiger partial charge on any atom is 0.191 e. The highest BCUT2D eigenvalue weighted by Gasteiger charge is 2.33. The van der Waals surface area contributed by atoms with Crippen molar-refractivity contribution in [3.63, 3.8) is 0 Å². The van der Waals surface area contributed by atoms with Crippen molar-refractivity contribution < 1.29 is 14.2 Å². The topological polar surface area (TPSA) is 64.1 Å². The summed E-state index contributed by atoms with van der Waals surface area (Å²) in [7, 11) is 3.57. The minimum atomic E-state index is 0. The summed E-state index contributed by atoms with van der Waals surface area (Å²) in [5.74, 6) is 2.16. The molecule has 0 atom stereocenters. The Morgan fingerprint density at radius 1 is 1.17 bits per heavy atom. The fourth-order valence-electron chi connectivity index (χ4n) is 4.02. The summed E-state index contributed by atoms with van der Waals surface area (Å²) in [6, 6.07) is 3.91. The molecule has 29 heavy (non-hydrogen) atoms. The van der Waals surface area contributed by atoms with Crippen molar-refractivity contribution in [1.82, 2.24) is 10.6 Å². The molecule has 0 bridgehead atoms. The van der Waals surface area contributed by atoms with E-state index >= 15 is 0 Å². The Kier molecular flexibility index (Phi) is 10.1. The van der Waals surface area contributed by atoms with Crippen LogP contribution in [-0.4, -0.2) is 46.5 Å². The molecule has 0 spiro atoms. The SMILES string of the molecule is CN=C(NCc1cc(Cl)c2c(c1)OCCCO2)NCC1(CCOC)CCCC1.I. The van der Waals surface area contributed by atoms with Crippen molar-refractivity contribution in [3.8, 4) is 11.5 Å². The molecule has 1 saturated carbocycles. The predicted octanol–water partition coefficient (Wildman–Crippen LogP) is 4.38. The van der Waals surface area contributed by atoms with Crippen molar-refractivity contribution in [2.24, 2.45) is 10.4 Å². The fourth-order valence-corrected chi connectivity index (χ4v) is 4.31. The number of benzene rings is 1. The number of methoxy groups -OCH3 is 1. The summed E-state index contributed by atoms with van der Waals surface area (Å²) in [5, 5.41) is 7.48. The molecule has 0 unspecified atom stereocenters. The molecule has 0 amide bonds. The molecule has 0 radical (unpaired) electrons. The Balaban J connectivity index is 0.00000300. The van der Waals surface area contributed by atoms with Gasteiger partial charge in [-0.1, -0.05) is 24.4 Å². The highest BCUT2D eigenvalue weighted by Crippen LogP contribution is 2.40. The third kappa shape index (κ3) is 6.79. The first-order valence-corrected chi connectivity index (χ1v) is 10.5. The summed E-state index contributed by atoms with van der Waals surface area (Å²) in [4.78, 5) is 4.37. The van der Waals surface area contributed by atoms with Gasteiger partial charge in [0, 0.05) is 40.3 Å². The van der Waals surface area contributed by atoms with E-state index in [0.717, 1.165) is 37.5 Å². The second kappa shape index (κ2) is 12.1. The van der Waals surface area contributed by atoms with Gasteiger partial charge in [0.2, 0.25) is 0 Å². The van der Waals surface area contributed by atoms with Crippen LogP contribution in [0.25, 0.3) is 0 Å². The summed E-state index contributed by atoms with van der Waals surface area (Å²) in [6.45, 7) is 3.61. The summed E-state index contributed by atoms with van der Waals surface area (Å²) in [5.41, 5.74) is 1.35. The maximum absolute atomic E-state index is 6.39. The van der Waals surface area contributed by atoms with Gasteiger partial charge in [0.05, 0.1) is 18.2 Å². The normalized spacial score (nSPS) is 18.0. The van der Waals surface area contributed by atoms with Gasteiger partial charge in [-0.25, -0.2) is 0 Å². The zero-order chi connectivity index (χ0) is 19.8.